The molecule has 1 heterocycles. The molecule has 1 unspecified atom stereocenters. The summed E-state index contributed by atoms with van der Waals surface area (Å²) in [6.45, 7) is 9.19. The summed E-state index contributed by atoms with van der Waals surface area (Å²) in [5.74, 6) is -1.22. The first-order valence-corrected chi connectivity index (χ1v) is 10.3. The second-order valence-electron chi connectivity index (χ2n) is 8.70. The number of carbonyl (C=O) groups is 2. The smallest absolute Gasteiger partial charge is 0.351 e. The summed E-state index contributed by atoms with van der Waals surface area (Å²) in [7, 11) is 0. The molecule has 1 aliphatic heterocycles. The monoisotopic (exact) mass is 501 g/mol. The number of nitro groups is 1. The fraction of sp³-hybridized carbons (Fsp3) is 0.600. The molecule has 0 amide bonds. The van der Waals surface area contributed by atoms with Crippen molar-refractivity contribution in [1.82, 2.24) is 0 Å². The van der Waals surface area contributed by atoms with Crippen LogP contribution in [0.25, 0.3) is 0 Å². The number of hydrogen-bond donors (Lipinski definition) is 0. The Morgan fingerprint density at radius 2 is 1.93 bits per heavy atom. The Balaban J connectivity index is 1.99. The molecule has 2 fully saturated rings. The summed E-state index contributed by atoms with van der Waals surface area (Å²) in [5, 5.41) is 11.5. The number of fused-ring (bicyclic) bond motifs is 2. The average molecular weight is 501 g/mol. The van der Waals surface area contributed by atoms with Crippen LogP contribution in [0.4, 0.5) is 5.69 Å². The number of halogens is 1. The third-order valence-electron chi connectivity index (χ3n) is 6.75. The number of rotatable bonds is 5. The van der Waals surface area contributed by atoms with Crippen LogP contribution in [0.3, 0.4) is 0 Å². The van der Waals surface area contributed by atoms with Gasteiger partial charge in [-0.1, -0.05) is 27.7 Å². The van der Waals surface area contributed by atoms with Gasteiger partial charge >= 0.3 is 11.9 Å². The van der Waals surface area contributed by atoms with Crippen molar-refractivity contribution >= 4 is 40.2 Å². The quantitative estimate of drug-likeness (QED) is 0.254. The molecule has 0 aromatic heterocycles. The van der Waals surface area contributed by atoms with Crippen LogP contribution in [0, 0.1) is 30.4 Å². The number of esters is 2. The topological polar surface area (TPSA) is 95.7 Å². The minimum absolute atomic E-state index is 0.0881. The lowest BCUT2D eigenvalue weighted by Gasteiger charge is -2.36. The maximum Gasteiger partial charge on any atom is 0.351 e. The van der Waals surface area contributed by atoms with Crippen molar-refractivity contribution in [2.24, 2.45) is 16.7 Å². The second-order valence-corrected chi connectivity index (χ2v) is 9.95. The molecular weight excluding hydrogens is 477 g/mol. The summed E-state index contributed by atoms with van der Waals surface area (Å²) >= 11 is 2.00. The summed E-state index contributed by atoms with van der Waals surface area (Å²) in [6.07, 6.45) is 0.117. The molecule has 1 aromatic carbocycles. The number of nitrogens with zero attached hydrogens (tertiary/aromatic N) is 1. The number of ether oxygens (including phenoxy) is 2. The third-order valence-corrected chi connectivity index (χ3v) is 7.42. The predicted molar refractivity (Wildman–Crippen MR) is 109 cm³/mol. The molecule has 1 saturated carbocycles. The van der Waals surface area contributed by atoms with Crippen LogP contribution >= 0.6 is 22.6 Å². The normalized spacial score (nSPS) is 28.9. The Kier molecular flexibility index (Phi) is 5.01. The lowest BCUT2D eigenvalue weighted by atomic mass is 9.66. The number of hydrogen-bond acceptors (Lipinski definition) is 6. The van der Waals surface area contributed by atoms with Gasteiger partial charge in [-0.25, -0.2) is 4.79 Å². The van der Waals surface area contributed by atoms with Gasteiger partial charge in [-0.05, 0) is 60.4 Å². The SMILES string of the molecule is CC(C)[C@H](OC(=O)[C@@]12CCC(C)(C(=O)O1)C2(C)C)c1ccc(I)cc1[N+](=O)[O-]. The number of benzene rings is 1. The van der Waals surface area contributed by atoms with E-state index < -0.39 is 33.4 Å². The van der Waals surface area contributed by atoms with Gasteiger partial charge in [0.2, 0.25) is 5.60 Å². The lowest BCUT2D eigenvalue weighted by molar-refractivity contribution is -0.386. The van der Waals surface area contributed by atoms with Crippen molar-refractivity contribution < 1.29 is 24.0 Å². The molecule has 1 aromatic rings. The van der Waals surface area contributed by atoms with Crippen LogP contribution in [-0.2, 0) is 19.1 Å². The molecule has 8 heteroatoms. The number of carbonyl (C=O) groups excluding carboxylic acids is 2. The van der Waals surface area contributed by atoms with Gasteiger partial charge in [0.25, 0.3) is 5.69 Å². The van der Waals surface area contributed by atoms with E-state index in [1.54, 1.807) is 12.1 Å². The van der Waals surface area contributed by atoms with Gasteiger partial charge in [-0.15, -0.1) is 0 Å². The van der Waals surface area contributed by atoms with Gasteiger partial charge in [0, 0.05) is 15.1 Å². The van der Waals surface area contributed by atoms with Crippen LogP contribution in [0.1, 0.15) is 59.1 Å². The Morgan fingerprint density at radius 3 is 2.39 bits per heavy atom. The first-order valence-electron chi connectivity index (χ1n) is 9.26. The summed E-state index contributed by atoms with van der Waals surface area (Å²) in [4.78, 5) is 36.8. The van der Waals surface area contributed by atoms with Gasteiger partial charge < -0.3 is 9.47 Å². The van der Waals surface area contributed by atoms with Gasteiger partial charge in [0.1, 0.15) is 6.10 Å². The van der Waals surface area contributed by atoms with E-state index in [2.05, 4.69) is 0 Å². The standard InChI is InChI=1S/C20H24INO6/c1-11(2)15(13-7-6-12(21)10-14(13)22(25)26)27-17(24)20-9-8-19(5,16(23)28-20)18(20,3)4/h6-7,10-11,15H,8-9H2,1-5H3/t15-,19?,20+/m0/s1. The maximum atomic E-state index is 13.3. The zero-order valence-electron chi connectivity index (χ0n) is 16.6. The first-order chi connectivity index (χ1) is 12.9. The van der Waals surface area contributed by atoms with Crippen LogP contribution in [-0.4, -0.2) is 22.5 Å². The molecule has 0 radical (unpaired) electrons. The molecule has 0 N–H and O–H groups in total. The highest BCUT2D eigenvalue weighted by Crippen LogP contribution is 2.66. The van der Waals surface area contributed by atoms with Crippen molar-refractivity contribution in [3.8, 4) is 0 Å². The largest absolute Gasteiger partial charge is 0.454 e. The van der Waals surface area contributed by atoms with E-state index in [1.807, 2.05) is 57.2 Å². The second kappa shape index (κ2) is 6.67. The summed E-state index contributed by atoms with van der Waals surface area (Å²) < 4.78 is 12.2. The van der Waals surface area contributed by atoms with Gasteiger partial charge in [0.15, 0.2) is 0 Å². The zero-order valence-corrected chi connectivity index (χ0v) is 18.7. The molecular formula is C20H24INO6. The van der Waals surface area contributed by atoms with E-state index in [-0.39, 0.29) is 17.6 Å². The predicted octanol–water partition coefficient (Wildman–Crippen LogP) is 4.56. The minimum atomic E-state index is -1.36. The number of nitro benzene ring substituents is 1. The third kappa shape index (κ3) is 2.74. The van der Waals surface area contributed by atoms with Crippen LogP contribution in [0.15, 0.2) is 18.2 Å². The van der Waals surface area contributed by atoms with E-state index in [1.165, 1.54) is 6.07 Å². The fourth-order valence-corrected chi connectivity index (χ4v) is 4.86. The lowest BCUT2D eigenvalue weighted by Crippen LogP contribution is -2.49. The van der Waals surface area contributed by atoms with Crippen molar-refractivity contribution in [2.75, 3.05) is 0 Å². The highest BCUT2D eigenvalue weighted by atomic mass is 127. The van der Waals surface area contributed by atoms with E-state index in [0.29, 0.717) is 18.4 Å². The van der Waals surface area contributed by atoms with Crippen molar-refractivity contribution in [2.45, 2.75) is 59.2 Å². The van der Waals surface area contributed by atoms with Crippen molar-refractivity contribution in [3.05, 3.63) is 37.4 Å². The average Bonchev–Trinajstić information content (AvgIpc) is 2.89. The molecule has 28 heavy (non-hydrogen) atoms. The molecule has 152 valence electrons. The Morgan fingerprint density at radius 1 is 1.29 bits per heavy atom. The maximum absolute atomic E-state index is 13.3. The van der Waals surface area contributed by atoms with Crippen molar-refractivity contribution in [3.63, 3.8) is 0 Å². The molecule has 7 nitrogen and oxygen atoms in total. The molecule has 1 aliphatic carbocycles. The molecule has 2 aliphatic rings. The van der Waals surface area contributed by atoms with Gasteiger partial charge in [0.05, 0.1) is 15.9 Å². The fourth-order valence-electron chi connectivity index (χ4n) is 4.39. The van der Waals surface area contributed by atoms with E-state index in [0.717, 1.165) is 3.57 Å². The Labute approximate surface area is 177 Å². The van der Waals surface area contributed by atoms with Gasteiger partial charge in [-0.2, -0.15) is 0 Å². The van der Waals surface area contributed by atoms with E-state index >= 15 is 0 Å². The van der Waals surface area contributed by atoms with Crippen LogP contribution in [0.2, 0.25) is 0 Å². The minimum Gasteiger partial charge on any atom is -0.454 e. The Bertz CT molecular complexity index is 866. The highest BCUT2D eigenvalue weighted by molar-refractivity contribution is 14.1. The molecule has 3 rings (SSSR count). The van der Waals surface area contributed by atoms with E-state index in [9.17, 15) is 19.7 Å². The van der Waals surface area contributed by atoms with Crippen LogP contribution in [0.5, 0.6) is 0 Å². The molecule has 1 saturated heterocycles. The van der Waals surface area contributed by atoms with E-state index in [4.69, 9.17) is 9.47 Å². The summed E-state index contributed by atoms with van der Waals surface area (Å²) in [6, 6.07) is 4.83. The Hall–Kier alpha value is -1.71. The van der Waals surface area contributed by atoms with Crippen molar-refractivity contribution in [1.29, 1.82) is 0 Å². The van der Waals surface area contributed by atoms with Gasteiger partial charge in [-0.3, -0.25) is 14.9 Å². The molecule has 0 spiro atoms. The molecule has 3 atom stereocenters. The first kappa shape index (κ1) is 21.0. The molecule has 2 bridgehead atoms. The zero-order chi connectivity index (χ0) is 21.1. The highest BCUT2D eigenvalue weighted by Gasteiger charge is 2.76. The summed E-state index contributed by atoms with van der Waals surface area (Å²) in [5.41, 5.74) is -2.57. The van der Waals surface area contributed by atoms with Crippen LogP contribution < -0.4 is 0 Å².